The number of anilines is 1. The van der Waals surface area contributed by atoms with Crippen molar-refractivity contribution < 1.29 is 4.79 Å². The minimum Gasteiger partial charge on any atom is -0.325 e. The Labute approximate surface area is 160 Å². The Morgan fingerprint density at radius 3 is 2.41 bits per heavy atom. The Bertz CT molecular complexity index is 1040. The summed E-state index contributed by atoms with van der Waals surface area (Å²) in [5, 5.41) is 11.9. The maximum Gasteiger partial charge on any atom is 0.270 e. The van der Waals surface area contributed by atoms with Crippen molar-refractivity contribution in [1.29, 1.82) is 5.26 Å². The predicted molar refractivity (Wildman–Crippen MR) is 105 cm³/mol. The van der Waals surface area contributed by atoms with Gasteiger partial charge in [0.2, 0.25) is 5.91 Å². The maximum absolute atomic E-state index is 12.4. The summed E-state index contributed by atoms with van der Waals surface area (Å²) in [7, 11) is 0. The molecule has 0 bridgehead atoms. The highest BCUT2D eigenvalue weighted by atomic mass is 32.2. The molecule has 1 amide bonds. The lowest BCUT2D eigenvalue weighted by molar-refractivity contribution is -0.115. The highest BCUT2D eigenvalue weighted by Crippen LogP contribution is 2.24. The first-order valence-electron chi connectivity index (χ1n) is 8.21. The molecular weight excluding hydrogens is 360 g/mol. The van der Waals surface area contributed by atoms with E-state index in [1.807, 2.05) is 42.5 Å². The maximum atomic E-state index is 12.4. The van der Waals surface area contributed by atoms with Crippen LogP contribution in [0.1, 0.15) is 12.5 Å². The zero-order valence-corrected chi connectivity index (χ0v) is 15.3. The molecule has 0 radical (unpaired) electrons. The summed E-state index contributed by atoms with van der Waals surface area (Å²) in [6.07, 6.45) is 0. The quantitative estimate of drug-likeness (QED) is 0.525. The van der Waals surface area contributed by atoms with Gasteiger partial charge in [-0.15, -0.1) is 0 Å². The van der Waals surface area contributed by atoms with Gasteiger partial charge in [-0.3, -0.25) is 9.59 Å². The smallest absolute Gasteiger partial charge is 0.270 e. The van der Waals surface area contributed by atoms with Crippen LogP contribution < -0.4 is 10.9 Å². The number of aromatic nitrogens is 2. The molecule has 6 nitrogen and oxygen atoms in total. The minimum atomic E-state index is -0.524. The fourth-order valence-electron chi connectivity index (χ4n) is 2.40. The second-order valence-electron chi connectivity index (χ2n) is 5.69. The third kappa shape index (κ3) is 4.43. The van der Waals surface area contributed by atoms with Crippen LogP contribution in [0.5, 0.6) is 0 Å². The molecule has 0 aliphatic carbocycles. The number of thioether (sulfide) groups is 1. The van der Waals surface area contributed by atoms with Gasteiger partial charge in [-0.1, -0.05) is 60.3 Å². The summed E-state index contributed by atoms with van der Waals surface area (Å²) >= 11 is 1.12. The van der Waals surface area contributed by atoms with Gasteiger partial charge in [-0.25, -0.2) is 4.98 Å². The Balaban J connectivity index is 1.85. The summed E-state index contributed by atoms with van der Waals surface area (Å²) < 4.78 is 0. The van der Waals surface area contributed by atoms with Crippen LogP contribution in [0.2, 0.25) is 0 Å². The number of aromatic amines is 1. The Morgan fingerprint density at radius 2 is 1.78 bits per heavy atom. The number of para-hydroxylation sites is 1. The van der Waals surface area contributed by atoms with Gasteiger partial charge < -0.3 is 10.3 Å². The Morgan fingerprint density at radius 1 is 1.15 bits per heavy atom. The number of benzene rings is 2. The van der Waals surface area contributed by atoms with E-state index in [1.54, 1.807) is 31.2 Å². The predicted octanol–water partition coefficient (Wildman–Crippen LogP) is 3.43. The lowest BCUT2D eigenvalue weighted by Gasteiger charge is -2.12. The first-order valence-corrected chi connectivity index (χ1v) is 9.09. The van der Waals surface area contributed by atoms with E-state index in [0.29, 0.717) is 16.9 Å². The highest BCUT2D eigenvalue weighted by Gasteiger charge is 2.19. The summed E-state index contributed by atoms with van der Waals surface area (Å²) in [4.78, 5) is 31.6. The number of amides is 1. The SMILES string of the molecule is C[C@@H](Sc1nc(-c2ccccc2)c(C#N)c(=O)[nH]1)C(=O)Nc1ccccc1. The van der Waals surface area contributed by atoms with E-state index in [4.69, 9.17) is 0 Å². The molecule has 0 saturated carbocycles. The molecule has 0 aliphatic rings. The van der Waals surface area contributed by atoms with Crippen molar-refractivity contribution in [2.45, 2.75) is 17.3 Å². The Hall–Kier alpha value is -3.37. The van der Waals surface area contributed by atoms with Gasteiger partial charge in [0.15, 0.2) is 5.16 Å². The van der Waals surface area contributed by atoms with Crippen LogP contribution in [0.3, 0.4) is 0 Å². The van der Waals surface area contributed by atoms with Crippen LogP contribution in [0.4, 0.5) is 5.69 Å². The van der Waals surface area contributed by atoms with Gasteiger partial charge in [0.1, 0.15) is 11.6 Å². The number of nitriles is 1. The van der Waals surface area contributed by atoms with Crippen molar-refractivity contribution >= 4 is 23.4 Å². The molecule has 0 fully saturated rings. The summed E-state index contributed by atoms with van der Waals surface area (Å²) in [5.41, 5.74) is 1.10. The topological polar surface area (TPSA) is 98.6 Å². The molecule has 1 heterocycles. The molecule has 3 aromatic rings. The molecular formula is C20H16N4O2S. The molecule has 27 heavy (non-hydrogen) atoms. The van der Waals surface area contributed by atoms with Crippen molar-refractivity contribution in [3.8, 4) is 17.3 Å². The van der Waals surface area contributed by atoms with Crippen LogP contribution in [0.25, 0.3) is 11.3 Å². The number of rotatable bonds is 5. The molecule has 0 unspecified atom stereocenters. The van der Waals surface area contributed by atoms with Crippen molar-refractivity contribution in [1.82, 2.24) is 9.97 Å². The number of hydrogen-bond donors (Lipinski definition) is 2. The average molecular weight is 376 g/mol. The van der Waals surface area contributed by atoms with Crippen LogP contribution >= 0.6 is 11.8 Å². The summed E-state index contributed by atoms with van der Waals surface area (Å²) in [6, 6.07) is 20.0. The van der Waals surface area contributed by atoms with Crippen LogP contribution in [-0.4, -0.2) is 21.1 Å². The minimum absolute atomic E-state index is 0.0491. The highest BCUT2D eigenvalue weighted by molar-refractivity contribution is 8.00. The normalized spacial score (nSPS) is 11.4. The number of hydrogen-bond acceptors (Lipinski definition) is 5. The van der Waals surface area contributed by atoms with Crippen LogP contribution in [0.15, 0.2) is 70.6 Å². The third-order valence-electron chi connectivity index (χ3n) is 3.76. The lowest BCUT2D eigenvalue weighted by Crippen LogP contribution is -2.23. The standard InChI is InChI=1S/C20H16N4O2S/c1-13(18(25)22-15-10-6-3-7-11-15)27-20-23-17(14-8-4-2-5-9-14)16(12-21)19(26)24-20/h2-11,13H,1H3,(H,22,25)(H,23,24,26)/t13-/m1/s1. The van der Waals surface area contributed by atoms with Gasteiger partial charge >= 0.3 is 0 Å². The van der Waals surface area contributed by atoms with Crippen molar-refractivity contribution in [2.24, 2.45) is 0 Å². The number of nitrogens with zero attached hydrogens (tertiary/aromatic N) is 2. The van der Waals surface area contributed by atoms with Crippen molar-refractivity contribution in [3.63, 3.8) is 0 Å². The molecule has 0 aliphatic heterocycles. The van der Waals surface area contributed by atoms with E-state index in [0.717, 1.165) is 11.8 Å². The van der Waals surface area contributed by atoms with Gasteiger partial charge in [0, 0.05) is 11.3 Å². The summed E-state index contributed by atoms with van der Waals surface area (Å²) in [6.45, 7) is 1.73. The fraction of sp³-hybridized carbons (Fsp3) is 0.100. The number of nitrogens with one attached hydrogen (secondary N) is 2. The molecule has 2 aromatic carbocycles. The molecule has 0 saturated heterocycles. The third-order valence-corrected chi connectivity index (χ3v) is 4.74. The van der Waals surface area contributed by atoms with Crippen molar-refractivity contribution in [2.75, 3.05) is 5.32 Å². The van der Waals surface area contributed by atoms with Crippen LogP contribution in [-0.2, 0) is 4.79 Å². The second kappa shape index (κ2) is 8.34. The van der Waals surface area contributed by atoms with Crippen molar-refractivity contribution in [3.05, 3.63) is 76.6 Å². The molecule has 2 N–H and O–H groups in total. The Kier molecular flexibility index (Phi) is 5.69. The largest absolute Gasteiger partial charge is 0.325 e. The van der Waals surface area contributed by atoms with E-state index in [-0.39, 0.29) is 16.6 Å². The number of H-pyrrole nitrogens is 1. The lowest BCUT2D eigenvalue weighted by atomic mass is 10.1. The molecule has 1 aromatic heterocycles. The fourth-order valence-corrected chi connectivity index (χ4v) is 3.20. The molecule has 3 rings (SSSR count). The molecule has 1 atom stereocenters. The summed E-state index contributed by atoms with van der Waals surface area (Å²) in [5.74, 6) is -0.209. The van der Waals surface area contributed by atoms with E-state index in [2.05, 4.69) is 15.3 Å². The molecule has 134 valence electrons. The zero-order valence-electron chi connectivity index (χ0n) is 14.5. The zero-order chi connectivity index (χ0) is 19.2. The van der Waals surface area contributed by atoms with E-state index in [9.17, 15) is 14.9 Å². The van der Waals surface area contributed by atoms with Gasteiger partial charge in [0.25, 0.3) is 5.56 Å². The average Bonchev–Trinajstić information content (AvgIpc) is 2.69. The van der Waals surface area contributed by atoms with Crippen LogP contribution in [0, 0.1) is 11.3 Å². The van der Waals surface area contributed by atoms with E-state index < -0.39 is 10.8 Å². The first-order chi connectivity index (χ1) is 13.1. The number of carbonyl (C=O) groups excluding carboxylic acids is 1. The van der Waals surface area contributed by atoms with Gasteiger partial charge in [-0.05, 0) is 19.1 Å². The second-order valence-corrected chi connectivity index (χ2v) is 7.02. The number of carbonyl (C=O) groups is 1. The first kappa shape index (κ1) is 18.4. The monoisotopic (exact) mass is 376 g/mol. The van der Waals surface area contributed by atoms with Gasteiger partial charge in [-0.2, -0.15) is 5.26 Å². The van der Waals surface area contributed by atoms with Gasteiger partial charge in [0.05, 0.1) is 10.9 Å². The molecule has 0 spiro atoms. The van der Waals surface area contributed by atoms with E-state index >= 15 is 0 Å². The molecule has 7 heteroatoms. The van der Waals surface area contributed by atoms with E-state index in [1.165, 1.54) is 0 Å².